The van der Waals surface area contributed by atoms with Crippen molar-refractivity contribution in [1.82, 2.24) is 9.55 Å². The largest absolute Gasteiger partial charge is 0.331 e. The summed E-state index contributed by atoms with van der Waals surface area (Å²) < 4.78 is 4.31. The second-order valence-electron chi connectivity index (χ2n) is 2.91. The molecule has 0 unspecified atom stereocenters. The number of nitrogens with zero attached hydrogens (tertiary/aromatic N) is 2. The van der Waals surface area contributed by atoms with Crippen LogP contribution in [0.4, 0.5) is 0 Å². The monoisotopic (exact) mass is 390 g/mol. The first kappa shape index (κ1) is 10.7. The van der Waals surface area contributed by atoms with E-state index in [1.54, 1.807) is 0 Å². The number of hydrogen-bond donors (Lipinski definition) is 0. The highest BCUT2D eigenvalue weighted by Crippen LogP contribution is 2.18. The minimum atomic E-state index is 0.527. The van der Waals surface area contributed by atoms with E-state index >= 15 is 0 Å². The van der Waals surface area contributed by atoms with Gasteiger partial charge >= 0.3 is 0 Å². The van der Waals surface area contributed by atoms with Gasteiger partial charge in [-0.05, 0) is 13.8 Å². The van der Waals surface area contributed by atoms with E-state index in [-0.39, 0.29) is 0 Å². The van der Waals surface area contributed by atoms with E-state index in [2.05, 4.69) is 68.6 Å². The Labute approximate surface area is 100 Å². The van der Waals surface area contributed by atoms with E-state index in [1.807, 2.05) is 6.33 Å². The molecule has 0 amide bonds. The van der Waals surface area contributed by atoms with Gasteiger partial charge in [0.2, 0.25) is 0 Å². The zero-order chi connectivity index (χ0) is 9.14. The molecule has 0 saturated heterocycles. The summed E-state index contributed by atoms with van der Waals surface area (Å²) in [6.45, 7) is 4.38. The fraction of sp³-hybridized carbons (Fsp3) is 0.625. The summed E-state index contributed by atoms with van der Waals surface area (Å²) in [4.78, 5) is 4.38. The zero-order valence-corrected chi connectivity index (χ0v) is 11.5. The summed E-state index contributed by atoms with van der Waals surface area (Å²) >= 11 is 4.75. The minimum Gasteiger partial charge on any atom is -0.331 e. The lowest BCUT2D eigenvalue weighted by Crippen LogP contribution is -2.03. The molecular weight excluding hydrogens is 378 g/mol. The molecule has 1 heterocycles. The Morgan fingerprint density at radius 1 is 1.42 bits per heavy atom. The van der Waals surface area contributed by atoms with Crippen LogP contribution in [0.2, 0.25) is 0 Å². The number of imidazole rings is 1. The van der Waals surface area contributed by atoms with Crippen LogP contribution >= 0.6 is 45.2 Å². The quantitative estimate of drug-likeness (QED) is 0.572. The molecule has 0 radical (unpaired) electrons. The fourth-order valence-corrected chi connectivity index (χ4v) is 2.60. The van der Waals surface area contributed by atoms with Crippen molar-refractivity contribution in [2.45, 2.75) is 28.7 Å². The highest BCUT2D eigenvalue weighted by Gasteiger charge is 2.09. The summed E-state index contributed by atoms with van der Waals surface area (Å²) in [7, 11) is 0. The van der Waals surface area contributed by atoms with Crippen LogP contribution in [0.5, 0.6) is 0 Å². The third kappa shape index (κ3) is 2.12. The van der Waals surface area contributed by atoms with Crippen molar-refractivity contribution in [2.24, 2.45) is 0 Å². The highest BCUT2D eigenvalue weighted by atomic mass is 127. The first-order chi connectivity index (χ1) is 5.70. The first-order valence-corrected chi connectivity index (χ1v) is 6.92. The summed E-state index contributed by atoms with van der Waals surface area (Å²) in [5.41, 5.74) is 2.61. The van der Waals surface area contributed by atoms with Crippen LogP contribution in [-0.4, -0.2) is 9.55 Å². The van der Waals surface area contributed by atoms with Gasteiger partial charge in [0, 0.05) is 14.9 Å². The fourth-order valence-electron chi connectivity index (χ4n) is 1.13. The van der Waals surface area contributed by atoms with Gasteiger partial charge < -0.3 is 4.57 Å². The first-order valence-electron chi connectivity index (χ1n) is 3.87. The van der Waals surface area contributed by atoms with E-state index in [9.17, 15) is 0 Å². The highest BCUT2D eigenvalue weighted by molar-refractivity contribution is 14.1. The predicted octanol–water partition coefficient (Wildman–Crippen LogP) is 3.33. The predicted molar refractivity (Wildman–Crippen MR) is 68.1 cm³/mol. The van der Waals surface area contributed by atoms with Crippen molar-refractivity contribution < 1.29 is 0 Å². The second kappa shape index (κ2) is 4.78. The summed E-state index contributed by atoms with van der Waals surface area (Å²) in [6, 6.07) is 0.527. The molecule has 0 fully saturated rings. The van der Waals surface area contributed by atoms with Gasteiger partial charge in [0.05, 0.1) is 17.7 Å². The average Bonchev–Trinajstić information content (AvgIpc) is 2.46. The van der Waals surface area contributed by atoms with Crippen LogP contribution in [-0.2, 0) is 8.86 Å². The molecule has 0 saturated carbocycles. The lowest BCUT2D eigenvalue weighted by molar-refractivity contribution is 0.584. The molecule has 1 aromatic heterocycles. The van der Waals surface area contributed by atoms with E-state index in [0.717, 1.165) is 8.86 Å². The molecule has 12 heavy (non-hydrogen) atoms. The smallest absolute Gasteiger partial charge is 0.0954 e. The van der Waals surface area contributed by atoms with Crippen LogP contribution in [0.15, 0.2) is 6.33 Å². The Kier molecular flexibility index (Phi) is 4.28. The number of aromatic nitrogens is 2. The Morgan fingerprint density at radius 3 is 2.50 bits per heavy atom. The molecule has 0 aliphatic carbocycles. The van der Waals surface area contributed by atoms with E-state index in [0.29, 0.717) is 6.04 Å². The van der Waals surface area contributed by atoms with Crippen molar-refractivity contribution >= 4 is 45.2 Å². The summed E-state index contributed by atoms with van der Waals surface area (Å²) in [5, 5.41) is 0. The molecule has 0 aliphatic heterocycles. The van der Waals surface area contributed by atoms with Gasteiger partial charge in [0.1, 0.15) is 0 Å². The normalized spacial score (nSPS) is 11.1. The summed E-state index contributed by atoms with van der Waals surface area (Å²) in [6.07, 6.45) is 1.95. The second-order valence-corrected chi connectivity index (χ2v) is 4.43. The lowest BCUT2D eigenvalue weighted by atomic mass is 10.3. The Bertz CT molecular complexity index is 256. The van der Waals surface area contributed by atoms with Gasteiger partial charge in [0.25, 0.3) is 0 Å². The van der Waals surface area contributed by atoms with Crippen LogP contribution in [0.1, 0.15) is 31.3 Å². The number of hydrogen-bond acceptors (Lipinski definition) is 1. The molecule has 0 N–H and O–H groups in total. The van der Waals surface area contributed by atoms with Crippen molar-refractivity contribution in [3.05, 3.63) is 17.7 Å². The van der Waals surface area contributed by atoms with Gasteiger partial charge in [-0.3, -0.25) is 0 Å². The average molecular weight is 390 g/mol. The van der Waals surface area contributed by atoms with Crippen LogP contribution in [0.25, 0.3) is 0 Å². The molecule has 1 aromatic rings. The molecule has 1 rings (SSSR count). The molecule has 0 bridgehead atoms. The topological polar surface area (TPSA) is 17.8 Å². The van der Waals surface area contributed by atoms with Crippen LogP contribution in [0.3, 0.4) is 0 Å². The van der Waals surface area contributed by atoms with Crippen molar-refractivity contribution in [2.75, 3.05) is 0 Å². The molecule has 0 aliphatic rings. The van der Waals surface area contributed by atoms with Gasteiger partial charge in [-0.25, -0.2) is 4.98 Å². The summed E-state index contributed by atoms with van der Waals surface area (Å²) in [5.74, 6) is 0. The maximum absolute atomic E-state index is 4.38. The SMILES string of the molecule is CC(C)n1cnc(CI)c1CI. The number of alkyl halides is 2. The van der Waals surface area contributed by atoms with Crippen molar-refractivity contribution in [1.29, 1.82) is 0 Å². The number of rotatable bonds is 3. The Morgan fingerprint density at radius 2 is 2.08 bits per heavy atom. The molecular formula is C8H12I2N2. The van der Waals surface area contributed by atoms with E-state index in [4.69, 9.17) is 0 Å². The third-order valence-electron chi connectivity index (χ3n) is 1.79. The van der Waals surface area contributed by atoms with Crippen molar-refractivity contribution in [3.8, 4) is 0 Å². The van der Waals surface area contributed by atoms with Gasteiger partial charge in [-0.1, -0.05) is 45.2 Å². The van der Waals surface area contributed by atoms with Gasteiger partial charge in [-0.2, -0.15) is 0 Å². The standard InChI is InChI=1S/C8H12I2N2/c1-6(2)12-5-11-7(3-9)8(12)4-10/h5-6H,3-4H2,1-2H3. The molecule has 0 spiro atoms. The van der Waals surface area contributed by atoms with Crippen molar-refractivity contribution in [3.63, 3.8) is 0 Å². The maximum atomic E-state index is 4.38. The molecule has 2 nitrogen and oxygen atoms in total. The molecule has 68 valence electrons. The third-order valence-corrected chi connectivity index (χ3v) is 3.24. The van der Waals surface area contributed by atoms with E-state index in [1.165, 1.54) is 11.4 Å². The lowest BCUT2D eigenvalue weighted by Gasteiger charge is -2.10. The molecule has 0 aromatic carbocycles. The van der Waals surface area contributed by atoms with Gasteiger partial charge in [0.15, 0.2) is 0 Å². The Balaban J connectivity index is 3.05. The van der Waals surface area contributed by atoms with Crippen LogP contribution < -0.4 is 0 Å². The minimum absolute atomic E-state index is 0.527. The maximum Gasteiger partial charge on any atom is 0.0954 e. The van der Waals surface area contributed by atoms with Crippen LogP contribution in [0, 0.1) is 0 Å². The zero-order valence-electron chi connectivity index (χ0n) is 7.22. The molecule has 0 atom stereocenters. The molecule has 4 heteroatoms. The van der Waals surface area contributed by atoms with E-state index < -0.39 is 0 Å². The van der Waals surface area contributed by atoms with Gasteiger partial charge in [-0.15, -0.1) is 0 Å². The Hall–Kier alpha value is 0.670. The number of halogens is 2.